The van der Waals surface area contributed by atoms with E-state index in [0.29, 0.717) is 17.0 Å². The largest absolute Gasteiger partial charge is 0.496 e. The van der Waals surface area contributed by atoms with Crippen LogP contribution < -0.4 is 15.4 Å². The zero-order chi connectivity index (χ0) is 21.3. The summed E-state index contributed by atoms with van der Waals surface area (Å²) < 4.78 is 5.27. The number of nitrogens with one attached hydrogen (secondary N) is 2. The van der Waals surface area contributed by atoms with E-state index in [0.717, 1.165) is 11.1 Å². The third-order valence-electron chi connectivity index (χ3n) is 4.61. The average Bonchev–Trinajstić information content (AvgIpc) is 2.79. The Morgan fingerprint density at radius 3 is 2.27 bits per heavy atom. The second kappa shape index (κ2) is 10.1. The molecule has 0 aromatic heterocycles. The molecular weight excluding hydrogens is 376 g/mol. The smallest absolute Gasteiger partial charge is 0.251 e. The van der Waals surface area contributed by atoms with Gasteiger partial charge in [-0.25, -0.2) is 0 Å². The number of methoxy groups -OCH3 is 1. The first-order valence-corrected chi connectivity index (χ1v) is 9.65. The molecule has 3 aromatic carbocycles. The lowest BCUT2D eigenvalue weighted by molar-refractivity contribution is -0.111. The first-order chi connectivity index (χ1) is 14.6. The molecule has 0 heterocycles. The summed E-state index contributed by atoms with van der Waals surface area (Å²) in [5, 5.41) is 5.76. The minimum Gasteiger partial charge on any atom is -0.496 e. The molecule has 152 valence electrons. The van der Waals surface area contributed by atoms with Crippen LogP contribution >= 0.6 is 0 Å². The van der Waals surface area contributed by atoms with E-state index in [9.17, 15) is 9.59 Å². The van der Waals surface area contributed by atoms with Crippen LogP contribution in [0.15, 0.2) is 84.9 Å². The topological polar surface area (TPSA) is 67.4 Å². The number of anilines is 1. The van der Waals surface area contributed by atoms with Crippen molar-refractivity contribution in [1.82, 2.24) is 5.32 Å². The SMILES string of the molecule is COc1ccccc1/C=C/C(=O)Nc1ccc(C(=O)NC(C)c2ccccc2)cc1. The second-order valence-corrected chi connectivity index (χ2v) is 6.75. The third kappa shape index (κ3) is 5.58. The highest BCUT2D eigenvalue weighted by atomic mass is 16.5. The van der Waals surface area contributed by atoms with Gasteiger partial charge in [-0.15, -0.1) is 0 Å². The zero-order valence-electron chi connectivity index (χ0n) is 17.0. The molecule has 5 nitrogen and oxygen atoms in total. The fourth-order valence-electron chi connectivity index (χ4n) is 2.96. The molecule has 0 spiro atoms. The van der Waals surface area contributed by atoms with Gasteiger partial charge in [0.25, 0.3) is 5.91 Å². The maximum Gasteiger partial charge on any atom is 0.251 e. The number of rotatable bonds is 7. The summed E-state index contributed by atoms with van der Waals surface area (Å²) in [7, 11) is 1.59. The highest BCUT2D eigenvalue weighted by Crippen LogP contribution is 2.19. The summed E-state index contributed by atoms with van der Waals surface area (Å²) in [6, 6.07) is 23.9. The van der Waals surface area contributed by atoms with E-state index in [1.54, 1.807) is 37.5 Å². The van der Waals surface area contributed by atoms with Crippen LogP contribution in [0.2, 0.25) is 0 Å². The first-order valence-electron chi connectivity index (χ1n) is 9.65. The van der Waals surface area contributed by atoms with E-state index in [1.165, 1.54) is 6.08 Å². The second-order valence-electron chi connectivity index (χ2n) is 6.75. The molecule has 0 aliphatic carbocycles. The van der Waals surface area contributed by atoms with Gasteiger partial charge in [-0.1, -0.05) is 48.5 Å². The Morgan fingerprint density at radius 2 is 1.57 bits per heavy atom. The normalized spacial score (nSPS) is 11.7. The van der Waals surface area contributed by atoms with E-state index in [2.05, 4.69) is 10.6 Å². The van der Waals surface area contributed by atoms with Gasteiger partial charge in [0, 0.05) is 22.9 Å². The van der Waals surface area contributed by atoms with Crippen molar-refractivity contribution >= 4 is 23.6 Å². The standard InChI is InChI=1S/C25H24N2O3/c1-18(19-8-4-3-5-9-19)26-25(29)21-12-15-22(16-13-21)27-24(28)17-14-20-10-6-7-11-23(20)30-2/h3-18H,1-2H3,(H,26,29)(H,27,28)/b17-14+. The highest BCUT2D eigenvalue weighted by Gasteiger charge is 2.11. The summed E-state index contributed by atoms with van der Waals surface area (Å²) in [5.74, 6) is 0.262. The van der Waals surface area contributed by atoms with Crippen molar-refractivity contribution in [3.63, 3.8) is 0 Å². The number of carbonyl (C=O) groups excluding carboxylic acids is 2. The van der Waals surface area contributed by atoms with Gasteiger partial charge >= 0.3 is 0 Å². The first kappa shape index (κ1) is 20.9. The number of carbonyl (C=O) groups is 2. The monoisotopic (exact) mass is 400 g/mol. The Balaban J connectivity index is 1.58. The van der Waals surface area contributed by atoms with Gasteiger partial charge < -0.3 is 15.4 Å². The predicted octanol–water partition coefficient (Wildman–Crippen LogP) is 4.84. The summed E-state index contributed by atoms with van der Waals surface area (Å²) in [6.45, 7) is 1.94. The Labute approximate surface area is 176 Å². The summed E-state index contributed by atoms with van der Waals surface area (Å²) in [4.78, 5) is 24.6. The van der Waals surface area contributed by atoms with Crippen LogP contribution in [0.3, 0.4) is 0 Å². The van der Waals surface area contributed by atoms with Gasteiger partial charge in [0.15, 0.2) is 0 Å². The van der Waals surface area contributed by atoms with Gasteiger partial charge in [-0.05, 0) is 48.9 Å². The molecule has 30 heavy (non-hydrogen) atoms. The molecule has 1 unspecified atom stereocenters. The number of para-hydroxylation sites is 1. The van der Waals surface area contributed by atoms with Crippen LogP contribution in [0.1, 0.15) is 34.5 Å². The average molecular weight is 400 g/mol. The molecule has 2 amide bonds. The summed E-state index contributed by atoms with van der Waals surface area (Å²) in [5.41, 5.74) is 2.99. The molecule has 0 fully saturated rings. The molecule has 2 N–H and O–H groups in total. The van der Waals surface area contributed by atoms with Gasteiger partial charge in [-0.3, -0.25) is 9.59 Å². The molecule has 3 aromatic rings. The molecule has 0 saturated heterocycles. The van der Waals surface area contributed by atoms with Crippen molar-refractivity contribution in [2.75, 3.05) is 12.4 Å². The van der Waals surface area contributed by atoms with Crippen LogP contribution in [-0.2, 0) is 4.79 Å². The quantitative estimate of drug-likeness (QED) is 0.558. The molecule has 0 saturated carbocycles. The summed E-state index contributed by atoms with van der Waals surface area (Å²) >= 11 is 0. The predicted molar refractivity (Wildman–Crippen MR) is 119 cm³/mol. The van der Waals surface area contributed by atoms with Gasteiger partial charge in [0.1, 0.15) is 5.75 Å². The summed E-state index contributed by atoms with van der Waals surface area (Å²) in [6.07, 6.45) is 3.14. The van der Waals surface area contributed by atoms with Crippen LogP contribution in [0.5, 0.6) is 5.75 Å². The van der Waals surface area contributed by atoms with E-state index in [1.807, 2.05) is 61.5 Å². The Bertz CT molecular complexity index is 1030. The fourth-order valence-corrected chi connectivity index (χ4v) is 2.96. The minimum atomic E-state index is -0.268. The molecule has 0 aliphatic rings. The van der Waals surface area contributed by atoms with E-state index >= 15 is 0 Å². The molecule has 0 aliphatic heterocycles. The fraction of sp³-hybridized carbons (Fsp3) is 0.120. The third-order valence-corrected chi connectivity index (χ3v) is 4.61. The minimum absolute atomic E-state index is 0.0989. The van der Waals surface area contributed by atoms with Crippen LogP contribution in [0.25, 0.3) is 6.08 Å². The van der Waals surface area contributed by atoms with Crippen molar-refractivity contribution in [3.05, 3.63) is 102 Å². The van der Waals surface area contributed by atoms with Crippen molar-refractivity contribution in [3.8, 4) is 5.75 Å². The number of amides is 2. The molecule has 3 rings (SSSR count). The van der Waals surface area contributed by atoms with Crippen molar-refractivity contribution in [2.45, 2.75) is 13.0 Å². The highest BCUT2D eigenvalue weighted by molar-refractivity contribution is 6.02. The van der Waals surface area contributed by atoms with Crippen LogP contribution in [0.4, 0.5) is 5.69 Å². The Morgan fingerprint density at radius 1 is 0.900 bits per heavy atom. The maximum absolute atomic E-state index is 12.5. The Hall–Kier alpha value is -3.86. The van der Waals surface area contributed by atoms with Crippen molar-refractivity contribution in [1.29, 1.82) is 0 Å². The zero-order valence-corrected chi connectivity index (χ0v) is 17.0. The molecular formula is C25H24N2O3. The molecule has 5 heteroatoms. The Kier molecular flexibility index (Phi) is 7.00. The van der Waals surface area contributed by atoms with Crippen molar-refractivity contribution < 1.29 is 14.3 Å². The number of hydrogen-bond acceptors (Lipinski definition) is 3. The van der Waals surface area contributed by atoms with Gasteiger partial charge in [-0.2, -0.15) is 0 Å². The number of ether oxygens (including phenoxy) is 1. The van der Waals surface area contributed by atoms with E-state index < -0.39 is 0 Å². The van der Waals surface area contributed by atoms with Gasteiger partial charge in [0.05, 0.1) is 13.2 Å². The lowest BCUT2D eigenvalue weighted by atomic mass is 10.1. The number of hydrogen-bond donors (Lipinski definition) is 2. The van der Waals surface area contributed by atoms with E-state index in [4.69, 9.17) is 4.74 Å². The number of benzene rings is 3. The van der Waals surface area contributed by atoms with Gasteiger partial charge in [0.2, 0.25) is 5.91 Å². The van der Waals surface area contributed by atoms with Crippen molar-refractivity contribution in [2.24, 2.45) is 0 Å². The lowest BCUT2D eigenvalue weighted by Crippen LogP contribution is -2.26. The lowest BCUT2D eigenvalue weighted by Gasteiger charge is -2.14. The maximum atomic E-state index is 12.5. The molecule has 1 atom stereocenters. The molecule has 0 bridgehead atoms. The van der Waals surface area contributed by atoms with Crippen LogP contribution in [-0.4, -0.2) is 18.9 Å². The molecule has 0 radical (unpaired) electrons. The van der Waals surface area contributed by atoms with Crippen LogP contribution in [0, 0.1) is 0 Å². The van der Waals surface area contributed by atoms with E-state index in [-0.39, 0.29) is 17.9 Å².